The van der Waals surface area contributed by atoms with Gasteiger partial charge >= 0.3 is 0 Å². The van der Waals surface area contributed by atoms with Gasteiger partial charge in [0.15, 0.2) is 0 Å². The lowest BCUT2D eigenvalue weighted by Gasteiger charge is -2.50. The zero-order chi connectivity index (χ0) is 53.4. The lowest BCUT2D eigenvalue weighted by Crippen LogP contribution is -2.41. The largest absolute Gasteiger partial charge is 0.0651 e. The standard InChI is InChI=1S/C76H138/c1-10-54-19-21-60(22-20-54)52-74(75(53-62(16-7)64-35-25-56(12-3)26-36-64)69-45-43-66(44-46-69)72(17-8)65-37-27-57(13-4)28-38-65)68-47-49-71(50-48-68)76(73(18-9)67-39-29-58(14-5)30-40-67)70-41-31-59(32-42-70)51-61(15-6)63-33-23-55(11-2)24-34-63/h54-76H,10-53H2,1-9H3. The summed E-state index contributed by atoms with van der Waals surface area (Å²) in [6.07, 6.45) is 68.1. The summed E-state index contributed by atoms with van der Waals surface area (Å²) in [6, 6.07) is 0. The Kier molecular flexibility index (Phi) is 26.3. The molecule has 7 unspecified atom stereocenters. The SMILES string of the molecule is CCC1CCC(CC(C2CCC(C(C3CCC(CC(CC)C4CCC(CC)CC4)CC3)C(CC)C3CCC(CC)CC3)CC2)C(CC(CC)C2CCC(CC)CC2)C2CCC(C(CC)C3CCC(CC)CC3)CC2)CC1. The van der Waals surface area contributed by atoms with E-state index < -0.39 is 0 Å². The predicted molar refractivity (Wildman–Crippen MR) is 334 cm³/mol. The van der Waals surface area contributed by atoms with Crippen LogP contribution in [0.1, 0.15) is 345 Å². The minimum absolute atomic E-state index is 0.989. The van der Waals surface area contributed by atoms with Crippen LogP contribution in [0.5, 0.6) is 0 Å². The zero-order valence-electron chi connectivity index (χ0n) is 53.4. The Labute approximate surface area is 478 Å². The highest BCUT2D eigenvalue weighted by atomic mass is 14.5. The van der Waals surface area contributed by atoms with Gasteiger partial charge in [-0.05, 0) is 271 Å². The maximum Gasteiger partial charge on any atom is -0.0326 e. The van der Waals surface area contributed by atoms with E-state index in [2.05, 4.69) is 62.3 Å². The van der Waals surface area contributed by atoms with Crippen LogP contribution in [0.3, 0.4) is 0 Å². The Morgan fingerprint density at radius 1 is 0.224 bits per heavy atom. The second kappa shape index (κ2) is 32.2. The molecule has 442 valence electrons. The second-order valence-corrected chi connectivity index (χ2v) is 31.3. The molecule has 8 rings (SSSR count). The van der Waals surface area contributed by atoms with Crippen molar-refractivity contribution in [3.8, 4) is 0 Å². The van der Waals surface area contributed by atoms with Gasteiger partial charge in [-0.3, -0.25) is 0 Å². The fourth-order valence-corrected chi connectivity index (χ4v) is 22.9. The van der Waals surface area contributed by atoms with E-state index in [0.29, 0.717) is 0 Å². The summed E-state index contributed by atoms with van der Waals surface area (Å²) in [7, 11) is 0. The first-order chi connectivity index (χ1) is 37.2. The highest BCUT2D eigenvalue weighted by Crippen LogP contribution is 2.57. The highest BCUT2D eigenvalue weighted by Gasteiger charge is 2.47. The molecule has 0 saturated heterocycles. The van der Waals surface area contributed by atoms with E-state index in [-0.39, 0.29) is 0 Å². The Morgan fingerprint density at radius 3 is 0.921 bits per heavy atom. The van der Waals surface area contributed by atoms with Gasteiger partial charge in [0.2, 0.25) is 0 Å². The summed E-state index contributed by atoms with van der Waals surface area (Å²) in [5, 5.41) is 0. The quantitative estimate of drug-likeness (QED) is 0.0810. The molecule has 0 amide bonds. The zero-order valence-corrected chi connectivity index (χ0v) is 53.4. The van der Waals surface area contributed by atoms with Gasteiger partial charge in [0.05, 0.1) is 0 Å². The predicted octanol–water partition coefficient (Wildman–Crippen LogP) is 24.6. The van der Waals surface area contributed by atoms with Crippen LogP contribution in [-0.4, -0.2) is 0 Å². The molecule has 8 aliphatic rings. The van der Waals surface area contributed by atoms with Crippen LogP contribution in [0.2, 0.25) is 0 Å². The Balaban J connectivity index is 1.01. The molecule has 8 fully saturated rings. The summed E-state index contributed by atoms with van der Waals surface area (Å²) in [5.41, 5.74) is 0. The molecule has 0 aliphatic heterocycles. The lowest BCUT2D eigenvalue weighted by molar-refractivity contribution is -0.00390. The van der Waals surface area contributed by atoms with Gasteiger partial charge in [-0.2, -0.15) is 0 Å². The summed E-state index contributed by atoms with van der Waals surface area (Å²) >= 11 is 0. The Hall–Kier alpha value is 0. The third-order valence-corrected chi connectivity index (χ3v) is 28.2. The summed E-state index contributed by atoms with van der Waals surface area (Å²) in [4.78, 5) is 0. The minimum Gasteiger partial charge on any atom is -0.0651 e. The van der Waals surface area contributed by atoms with Crippen molar-refractivity contribution < 1.29 is 0 Å². The van der Waals surface area contributed by atoms with Crippen LogP contribution in [0.15, 0.2) is 0 Å². The van der Waals surface area contributed by atoms with Crippen LogP contribution in [0, 0.1) is 136 Å². The molecule has 0 bridgehead atoms. The molecule has 0 aromatic heterocycles. The van der Waals surface area contributed by atoms with Gasteiger partial charge in [-0.25, -0.2) is 0 Å². The van der Waals surface area contributed by atoms with Gasteiger partial charge in [0.25, 0.3) is 0 Å². The maximum atomic E-state index is 2.70. The van der Waals surface area contributed by atoms with E-state index in [4.69, 9.17) is 0 Å². The van der Waals surface area contributed by atoms with Gasteiger partial charge in [0.1, 0.15) is 0 Å². The molecule has 0 heterocycles. The van der Waals surface area contributed by atoms with Crippen LogP contribution >= 0.6 is 0 Å². The molecule has 76 heavy (non-hydrogen) atoms. The summed E-state index contributed by atoms with van der Waals surface area (Å²) in [5.74, 6) is 23.5. The van der Waals surface area contributed by atoms with Crippen molar-refractivity contribution in [2.75, 3.05) is 0 Å². The smallest absolute Gasteiger partial charge is 0.0326 e. The summed E-state index contributed by atoms with van der Waals surface area (Å²) < 4.78 is 0. The molecular weight excluding hydrogens is 913 g/mol. The Bertz CT molecular complexity index is 1480. The molecule has 0 spiro atoms. The van der Waals surface area contributed by atoms with E-state index in [9.17, 15) is 0 Å². The molecule has 0 aromatic carbocycles. The maximum absolute atomic E-state index is 2.70. The van der Waals surface area contributed by atoms with Gasteiger partial charge in [0, 0.05) is 0 Å². The van der Waals surface area contributed by atoms with E-state index in [1.807, 2.05) is 0 Å². The van der Waals surface area contributed by atoms with E-state index in [1.165, 1.54) is 83.5 Å². The van der Waals surface area contributed by atoms with Crippen molar-refractivity contribution in [3.05, 3.63) is 0 Å². The normalized spacial score (nSPS) is 40.1. The first-order valence-electron chi connectivity index (χ1n) is 37.2. The fraction of sp³-hybridized carbons (Fsp3) is 1.00. The lowest BCUT2D eigenvalue weighted by atomic mass is 9.55. The molecule has 0 nitrogen and oxygen atoms in total. The average Bonchev–Trinajstić information content (AvgIpc) is 3.49. The van der Waals surface area contributed by atoms with E-state index >= 15 is 0 Å². The highest BCUT2D eigenvalue weighted by molar-refractivity contribution is 4.97. The van der Waals surface area contributed by atoms with Gasteiger partial charge in [-0.15, -0.1) is 0 Å². The van der Waals surface area contributed by atoms with Crippen LogP contribution < -0.4 is 0 Å². The molecule has 8 aliphatic carbocycles. The van der Waals surface area contributed by atoms with Crippen molar-refractivity contribution in [1.82, 2.24) is 0 Å². The van der Waals surface area contributed by atoms with E-state index in [1.54, 1.807) is 199 Å². The third kappa shape index (κ3) is 16.6. The third-order valence-electron chi connectivity index (χ3n) is 28.2. The van der Waals surface area contributed by atoms with Gasteiger partial charge < -0.3 is 0 Å². The topological polar surface area (TPSA) is 0 Å². The first-order valence-corrected chi connectivity index (χ1v) is 37.2. The van der Waals surface area contributed by atoms with Gasteiger partial charge in [-0.1, -0.05) is 210 Å². The number of rotatable bonds is 26. The van der Waals surface area contributed by atoms with Crippen molar-refractivity contribution in [2.45, 2.75) is 345 Å². The molecular formula is C76H138. The monoisotopic (exact) mass is 1050 g/mol. The molecule has 7 atom stereocenters. The molecule has 0 N–H and O–H groups in total. The van der Waals surface area contributed by atoms with Crippen LogP contribution in [-0.2, 0) is 0 Å². The number of hydrogen-bond donors (Lipinski definition) is 0. The van der Waals surface area contributed by atoms with Crippen molar-refractivity contribution in [2.24, 2.45) is 136 Å². The average molecular weight is 1050 g/mol. The summed E-state index contributed by atoms with van der Waals surface area (Å²) in [6.45, 7) is 23.0. The van der Waals surface area contributed by atoms with E-state index in [0.717, 1.165) is 136 Å². The van der Waals surface area contributed by atoms with Crippen LogP contribution in [0.4, 0.5) is 0 Å². The first kappa shape index (κ1) is 62.1. The molecule has 0 radical (unpaired) electrons. The molecule has 0 aromatic rings. The Morgan fingerprint density at radius 2 is 0.513 bits per heavy atom. The fourth-order valence-electron chi connectivity index (χ4n) is 22.9. The number of hydrogen-bond acceptors (Lipinski definition) is 0. The second-order valence-electron chi connectivity index (χ2n) is 31.3. The molecule has 0 heteroatoms. The van der Waals surface area contributed by atoms with Crippen molar-refractivity contribution >= 4 is 0 Å². The van der Waals surface area contributed by atoms with Crippen molar-refractivity contribution in [1.29, 1.82) is 0 Å². The van der Waals surface area contributed by atoms with Crippen molar-refractivity contribution in [3.63, 3.8) is 0 Å². The van der Waals surface area contributed by atoms with Crippen LogP contribution in [0.25, 0.3) is 0 Å². The minimum atomic E-state index is 0.989. The molecule has 8 saturated carbocycles.